The average molecular weight is 497 g/mol. The van der Waals surface area contributed by atoms with Gasteiger partial charge in [0.15, 0.2) is 5.82 Å². The van der Waals surface area contributed by atoms with E-state index in [1.807, 2.05) is 24.3 Å². The predicted octanol–water partition coefficient (Wildman–Crippen LogP) is 4.29. The zero-order valence-corrected chi connectivity index (χ0v) is 20.1. The summed E-state index contributed by atoms with van der Waals surface area (Å²) in [4.78, 5) is 30.3. The second kappa shape index (κ2) is 9.34. The summed E-state index contributed by atoms with van der Waals surface area (Å²) < 4.78 is 21.9. The fourth-order valence-corrected chi connectivity index (χ4v) is 4.26. The van der Waals surface area contributed by atoms with Gasteiger partial charge in [0.05, 0.1) is 17.1 Å². The maximum Gasteiger partial charge on any atom is 0.297 e. The zero-order valence-electron chi connectivity index (χ0n) is 19.3. The molecule has 0 radical (unpaired) electrons. The van der Waals surface area contributed by atoms with Crippen LogP contribution in [0.3, 0.4) is 0 Å². The van der Waals surface area contributed by atoms with Gasteiger partial charge in [-0.1, -0.05) is 18.2 Å². The van der Waals surface area contributed by atoms with Gasteiger partial charge in [0.25, 0.3) is 11.5 Å². The molecule has 5 rings (SSSR count). The van der Waals surface area contributed by atoms with E-state index in [-0.39, 0.29) is 28.9 Å². The quantitative estimate of drug-likeness (QED) is 0.432. The summed E-state index contributed by atoms with van der Waals surface area (Å²) in [5.41, 5.74) is 0.769. The van der Waals surface area contributed by atoms with Gasteiger partial charge in [-0.25, -0.2) is 9.37 Å². The summed E-state index contributed by atoms with van der Waals surface area (Å²) in [6.07, 6.45) is 6.42. The Hall–Kier alpha value is -3.39. The van der Waals surface area contributed by atoms with Crippen molar-refractivity contribution >= 4 is 23.3 Å². The van der Waals surface area contributed by atoms with Crippen molar-refractivity contribution in [2.75, 3.05) is 17.8 Å². The lowest BCUT2D eigenvalue weighted by Gasteiger charge is -2.22. The van der Waals surface area contributed by atoms with Crippen molar-refractivity contribution in [3.63, 3.8) is 0 Å². The van der Waals surface area contributed by atoms with E-state index in [1.54, 1.807) is 13.0 Å². The van der Waals surface area contributed by atoms with Gasteiger partial charge in [-0.2, -0.15) is 0 Å². The van der Waals surface area contributed by atoms with E-state index in [2.05, 4.69) is 15.6 Å². The van der Waals surface area contributed by atoms with Gasteiger partial charge in [-0.3, -0.25) is 14.2 Å². The van der Waals surface area contributed by atoms with Crippen LogP contribution in [0, 0.1) is 12.7 Å². The number of carbonyl (C=O) groups is 1. The first-order valence-corrected chi connectivity index (χ1v) is 12.2. The molecule has 35 heavy (non-hydrogen) atoms. The molecule has 0 saturated heterocycles. The fourth-order valence-electron chi connectivity index (χ4n) is 4.18. The van der Waals surface area contributed by atoms with Gasteiger partial charge in [0, 0.05) is 35.1 Å². The summed E-state index contributed by atoms with van der Waals surface area (Å²) in [6, 6.07) is 10.5. The summed E-state index contributed by atoms with van der Waals surface area (Å²) in [6.45, 7) is 1.96. The number of nitrogens with zero attached hydrogens (tertiary/aromatic N) is 2. The van der Waals surface area contributed by atoms with E-state index in [4.69, 9.17) is 16.3 Å². The molecule has 2 aromatic carbocycles. The minimum Gasteiger partial charge on any atom is -0.492 e. The van der Waals surface area contributed by atoms with Gasteiger partial charge >= 0.3 is 0 Å². The minimum absolute atomic E-state index is 0.140. The first-order chi connectivity index (χ1) is 16.9. The third-order valence-electron chi connectivity index (χ3n) is 6.44. The predicted molar refractivity (Wildman–Crippen MR) is 132 cm³/mol. The fraction of sp³-hybridized carbons (Fsp3) is 0.346. The third-order valence-corrected chi connectivity index (χ3v) is 6.59. The zero-order chi connectivity index (χ0) is 24.6. The van der Waals surface area contributed by atoms with Crippen LogP contribution in [-0.2, 0) is 5.54 Å². The van der Waals surface area contributed by atoms with Crippen molar-refractivity contribution in [1.82, 2.24) is 14.9 Å². The van der Waals surface area contributed by atoms with Crippen molar-refractivity contribution in [3.05, 3.63) is 81.7 Å². The van der Waals surface area contributed by atoms with Crippen molar-refractivity contribution in [3.8, 4) is 11.4 Å². The number of alkyl halides is 1. The van der Waals surface area contributed by atoms with Gasteiger partial charge in [-0.05, 0) is 50.8 Å². The molecular weight excluding hydrogens is 471 g/mol. The number of anilines is 1. The van der Waals surface area contributed by atoms with Gasteiger partial charge in [-0.15, -0.1) is 11.6 Å². The third kappa shape index (κ3) is 4.75. The number of hydrogen-bond donors (Lipinski definition) is 2. The van der Waals surface area contributed by atoms with Gasteiger partial charge in [0.2, 0.25) is 0 Å². The minimum atomic E-state index is -0.550. The van der Waals surface area contributed by atoms with Crippen LogP contribution < -0.4 is 20.9 Å². The van der Waals surface area contributed by atoms with Crippen LogP contribution in [0.4, 0.5) is 10.2 Å². The van der Waals surface area contributed by atoms with Crippen LogP contribution in [0.15, 0.2) is 53.6 Å². The number of rotatable bonds is 9. The Morgan fingerprint density at radius 3 is 2.77 bits per heavy atom. The molecule has 0 spiro atoms. The molecule has 1 heterocycles. The summed E-state index contributed by atoms with van der Waals surface area (Å²) >= 11 is 5.80. The van der Waals surface area contributed by atoms with E-state index < -0.39 is 16.9 Å². The summed E-state index contributed by atoms with van der Waals surface area (Å²) in [7, 11) is 0. The molecule has 2 saturated carbocycles. The van der Waals surface area contributed by atoms with Crippen LogP contribution in [0.1, 0.15) is 47.2 Å². The molecular formula is C26H26ClFN4O3. The van der Waals surface area contributed by atoms with E-state index in [9.17, 15) is 14.0 Å². The maximum absolute atomic E-state index is 14.8. The second-order valence-electron chi connectivity index (χ2n) is 9.04. The monoisotopic (exact) mass is 496 g/mol. The van der Waals surface area contributed by atoms with Crippen LogP contribution >= 0.6 is 11.6 Å². The number of benzene rings is 2. The van der Waals surface area contributed by atoms with Crippen molar-refractivity contribution < 1.29 is 13.9 Å². The van der Waals surface area contributed by atoms with Gasteiger partial charge < -0.3 is 15.4 Å². The number of para-hydroxylation sites is 1. The van der Waals surface area contributed by atoms with Crippen LogP contribution in [0.5, 0.6) is 5.75 Å². The highest BCUT2D eigenvalue weighted by atomic mass is 35.5. The Bertz CT molecular complexity index is 1330. The smallest absolute Gasteiger partial charge is 0.297 e. The lowest BCUT2D eigenvalue weighted by molar-refractivity contribution is 0.0950. The Kier molecular flexibility index (Phi) is 6.23. The standard InChI is InChI=1S/C26H26ClFN4O3/c1-16-20(28)14-17(24(33)30-18-6-7-18)15-21(16)32-12-11-29-23(25(32)34)31-26(8-9-26)19-4-2-3-5-22(19)35-13-10-27/h2-5,11-12,14-15,18H,6-10,13H2,1H3,(H,29,31)(H,30,33). The van der Waals surface area contributed by atoms with Crippen molar-refractivity contribution in [1.29, 1.82) is 0 Å². The van der Waals surface area contributed by atoms with E-state index in [0.29, 0.717) is 23.9 Å². The largest absolute Gasteiger partial charge is 0.492 e. The Labute approximate surface area is 207 Å². The van der Waals surface area contributed by atoms with E-state index >= 15 is 0 Å². The number of carbonyl (C=O) groups excluding carboxylic acids is 1. The van der Waals surface area contributed by atoms with Gasteiger partial charge in [0.1, 0.15) is 18.2 Å². The molecule has 2 aliphatic carbocycles. The highest BCUT2D eigenvalue weighted by Gasteiger charge is 2.47. The molecule has 3 aromatic rings. The summed E-state index contributed by atoms with van der Waals surface area (Å²) in [5, 5.41) is 6.18. The molecule has 0 bridgehead atoms. The van der Waals surface area contributed by atoms with Crippen molar-refractivity contribution in [2.45, 2.75) is 44.2 Å². The normalized spacial score (nSPS) is 16.0. The van der Waals surface area contributed by atoms with Crippen LogP contribution in [0.25, 0.3) is 5.69 Å². The van der Waals surface area contributed by atoms with E-state index in [1.165, 1.54) is 23.0 Å². The Balaban J connectivity index is 1.48. The number of aromatic nitrogens is 2. The SMILES string of the molecule is Cc1c(F)cc(C(=O)NC2CC2)cc1-n1ccnc(NC2(c3ccccc3OCCCl)CC2)c1=O. The molecule has 2 fully saturated rings. The molecule has 9 heteroatoms. The molecule has 1 amide bonds. The lowest BCUT2D eigenvalue weighted by atomic mass is 10.0. The molecule has 182 valence electrons. The number of ether oxygens (including phenoxy) is 1. The number of hydrogen-bond acceptors (Lipinski definition) is 5. The molecule has 0 aliphatic heterocycles. The lowest BCUT2D eigenvalue weighted by Crippen LogP contribution is -2.30. The topological polar surface area (TPSA) is 85.2 Å². The molecule has 2 aliphatic rings. The number of halogens is 2. The summed E-state index contributed by atoms with van der Waals surface area (Å²) in [5.74, 6) is 0.323. The first-order valence-electron chi connectivity index (χ1n) is 11.7. The molecule has 7 nitrogen and oxygen atoms in total. The molecule has 0 atom stereocenters. The highest BCUT2D eigenvalue weighted by Crippen LogP contribution is 2.50. The Morgan fingerprint density at radius 1 is 1.29 bits per heavy atom. The van der Waals surface area contributed by atoms with Crippen LogP contribution in [-0.4, -0.2) is 34.0 Å². The second-order valence-corrected chi connectivity index (χ2v) is 9.42. The molecule has 1 aromatic heterocycles. The van der Waals surface area contributed by atoms with Crippen molar-refractivity contribution in [2.24, 2.45) is 0 Å². The molecule has 0 unspecified atom stereocenters. The highest BCUT2D eigenvalue weighted by molar-refractivity contribution is 6.18. The number of amides is 1. The Morgan fingerprint density at radius 2 is 2.06 bits per heavy atom. The number of nitrogens with one attached hydrogen (secondary N) is 2. The maximum atomic E-state index is 14.8. The first kappa shape index (κ1) is 23.4. The van der Waals surface area contributed by atoms with E-state index in [0.717, 1.165) is 31.2 Å². The van der Waals surface area contributed by atoms with Crippen LogP contribution in [0.2, 0.25) is 0 Å². The molecule has 2 N–H and O–H groups in total. The average Bonchev–Trinajstić information content (AvgIpc) is 3.79.